The van der Waals surface area contributed by atoms with Crippen molar-refractivity contribution >= 4 is 39.9 Å². The summed E-state index contributed by atoms with van der Waals surface area (Å²) in [6.07, 6.45) is 1.17. The summed E-state index contributed by atoms with van der Waals surface area (Å²) in [5.74, 6) is 0.433. The Bertz CT molecular complexity index is 1420. The molecule has 3 aliphatic carbocycles. The number of hydrogen-bond acceptors (Lipinski definition) is 7. The van der Waals surface area contributed by atoms with Crippen LogP contribution in [0.1, 0.15) is 65.1 Å². The zero-order valence-electron chi connectivity index (χ0n) is 21.5. The fourth-order valence-electron chi connectivity index (χ4n) is 5.18. The number of thiophene rings is 1. The van der Waals surface area contributed by atoms with Crippen LogP contribution in [0.3, 0.4) is 0 Å². The van der Waals surface area contributed by atoms with Gasteiger partial charge < -0.3 is 16.0 Å². The Labute approximate surface area is 226 Å². The van der Waals surface area contributed by atoms with Crippen LogP contribution >= 0.6 is 11.3 Å². The van der Waals surface area contributed by atoms with Gasteiger partial charge in [0.15, 0.2) is 0 Å². The second-order valence-electron chi connectivity index (χ2n) is 10.7. The lowest BCUT2D eigenvalue weighted by atomic mass is 9.91. The third-order valence-corrected chi connectivity index (χ3v) is 9.04. The van der Waals surface area contributed by atoms with Crippen LogP contribution in [0.5, 0.6) is 0 Å². The van der Waals surface area contributed by atoms with Gasteiger partial charge in [0.1, 0.15) is 29.0 Å². The van der Waals surface area contributed by atoms with Crippen molar-refractivity contribution in [1.82, 2.24) is 29.9 Å². The number of carbonyl (C=O) groups excluding carboxylic acids is 2. The van der Waals surface area contributed by atoms with Crippen LogP contribution in [-0.2, 0) is 24.7 Å². The molecular formula is C25H29F3N8O2S. The Morgan fingerprint density at radius 3 is 2.72 bits per heavy atom. The van der Waals surface area contributed by atoms with E-state index in [0.717, 1.165) is 23.3 Å². The maximum absolute atomic E-state index is 13.4. The van der Waals surface area contributed by atoms with Crippen molar-refractivity contribution in [2.24, 2.45) is 24.8 Å². The van der Waals surface area contributed by atoms with Gasteiger partial charge in [0, 0.05) is 42.4 Å². The Morgan fingerprint density at radius 1 is 1.28 bits per heavy atom. The van der Waals surface area contributed by atoms with Gasteiger partial charge >= 0.3 is 0 Å². The largest absolute Gasteiger partial charge is 0.352 e. The quantitative estimate of drug-likeness (QED) is 0.360. The van der Waals surface area contributed by atoms with Crippen LogP contribution in [0.15, 0.2) is 12.4 Å². The molecule has 0 saturated heterocycles. The van der Waals surface area contributed by atoms with Crippen LogP contribution in [0, 0.1) is 17.8 Å². The van der Waals surface area contributed by atoms with Gasteiger partial charge in [-0.2, -0.15) is 5.10 Å². The van der Waals surface area contributed by atoms with Gasteiger partial charge in [0.25, 0.3) is 12.3 Å². The number of anilines is 3. The predicted molar refractivity (Wildman–Crippen MR) is 138 cm³/mol. The maximum atomic E-state index is 13.4. The van der Waals surface area contributed by atoms with Crippen LogP contribution in [0.4, 0.5) is 29.9 Å². The third-order valence-electron chi connectivity index (χ3n) is 7.83. The first kappa shape index (κ1) is 25.8. The minimum Gasteiger partial charge on any atom is -0.352 e. The highest BCUT2D eigenvalue weighted by molar-refractivity contribution is 7.17. The molecule has 2 amide bonds. The molecular weight excluding hydrogens is 533 g/mol. The summed E-state index contributed by atoms with van der Waals surface area (Å²) in [6.45, 7) is 2.28. The van der Waals surface area contributed by atoms with E-state index in [1.807, 2.05) is 11.5 Å². The summed E-state index contributed by atoms with van der Waals surface area (Å²) in [4.78, 5) is 27.2. The molecule has 5 atom stereocenters. The first-order chi connectivity index (χ1) is 18.7. The number of nitrogens with zero attached hydrogens (tertiary/aromatic N) is 5. The molecule has 2 fully saturated rings. The number of carbonyl (C=O) groups is 2. The zero-order chi connectivity index (χ0) is 27.4. The van der Waals surface area contributed by atoms with E-state index in [0.29, 0.717) is 47.5 Å². The molecule has 3 N–H and O–H groups in total. The molecule has 14 heteroatoms. The lowest BCUT2D eigenvalue weighted by Gasteiger charge is -2.25. The van der Waals surface area contributed by atoms with Gasteiger partial charge in [0.05, 0.1) is 5.56 Å². The Balaban J connectivity index is 1.25. The number of amides is 2. The van der Waals surface area contributed by atoms with Crippen molar-refractivity contribution in [3.05, 3.63) is 34.1 Å². The SMILES string of the molecule is C[C@H]1C[C@@H]1C(=O)Nc1sc2c(c1C(=O)NC[C@H]1C[C@@H]1F)C[C@@H](n1cnnc1Nc1cc(C(F)F)nn1C)CC2. The average Bonchev–Trinajstić information content (AvgIpc) is 3.60. The van der Waals surface area contributed by atoms with Crippen LogP contribution < -0.4 is 16.0 Å². The number of aryl methyl sites for hydroxylation is 2. The molecule has 39 heavy (non-hydrogen) atoms. The van der Waals surface area contributed by atoms with Crippen molar-refractivity contribution in [2.75, 3.05) is 17.2 Å². The molecule has 0 aromatic carbocycles. The van der Waals surface area contributed by atoms with Crippen molar-refractivity contribution in [2.45, 2.75) is 57.7 Å². The highest BCUT2D eigenvalue weighted by atomic mass is 32.1. The maximum Gasteiger partial charge on any atom is 0.282 e. The van der Waals surface area contributed by atoms with Crippen LogP contribution in [0.2, 0.25) is 0 Å². The van der Waals surface area contributed by atoms with Crippen LogP contribution in [-0.4, -0.2) is 49.1 Å². The van der Waals surface area contributed by atoms with Gasteiger partial charge in [-0.05, 0) is 43.6 Å². The van der Waals surface area contributed by atoms with Crippen molar-refractivity contribution < 1.29 is 22.8 Å². The molecule has 3 aliphatic rings. The molecule has 0 aliphatic heterocycles. The van der Waals surface area contributed by atoms with Crippen molar-refractivity contribution in [3.8, 4) is 0 Å². The molecule has 0 radical (unpaired) electrons. The van der Waals surface area contributed by atoms with Crippen LogP contribution in [0.25, 0.3) is 0 Å². The van der Waals surface area contributed by atoms with Gasteiger partial charge in [0.2, 0.25) is 11.9 Å². The average molecular weight is 563 g/mol. The summed E-state index contributed by atoms with van der Waals surface area (Å²) < 4.78 is 42.8. The number of nitrogens with one attached hydrogen (secondary N) is 3. The number of fused-ring (bicyclic) bond motifs is 1. The minimum atomic E-state index is -2.70. The normalized spacial score (nSPS) is 25.3. The number of halogens is 3. The second-order valence-corrected chi connectivity index (χ2v) is 11.8. The van der Waals surface area contributed by atoms with Gasteiger partial charge in [-0.3, -0.25) is 18.8 Å². The van der Waals surface area contributed by atoms with Crippen molar-refractivity contribution in [3.63, 3.8) is 0 Å². The molecule has 0 bridgehead atoms. The number of rotatable bonds is 9. The first-order valence-corrected chi connectivity index (χ1v) is 13.9. The summed E-state index contributed by atoms with van der Waals surface area (Å²) in [5.41, 5.74) is 0.941. The molecule has 208 valence electrons. The standard InChI is InChI=1S/C25H29F3N8O2S/c1-11-5-14(11)22(37)32-24-20(23(38)29-9-12-6-16(12)26)15-7-13(3-4-18(15)39-24)36-10-30-33-25(36)31-19-8-17(21(27)28)34-35(19)2/h8,10-14,16,21H,3-7,9H2,1-2H3,(H,29,38)(H,31,33)(H,32,37)/t11-,12+,13-,14-,16-/m0/s1. The topological polar surface area (TPSA) is 119 Å². The van der Waals surface area contributed by atoms with E-state index >= 15 is 0 Å². The summed E-state index contributed by atoms with van der Waals surface area (Å²) in [5, 5.41) is 21.4. The molecule has 3 heterocycles. The van der Waals surface area contributed by atoms with E-state index in [2.05, 4.69) is 31.2 Å². The fourth-order valence-corrected chi connectivity index (χ4v) is 6.43. The smallest absolute Gasteiger partial charge is 0.282 e. The Morgan fingerprint density at radius 2 is 2.05 bits per heavy atom. The second kappa shape index (κ2) is 9.96. The van der Waals surface area contributed by atoms with E-state index in [-0.39, 0.29) is 41.9 Å². The third kappa shape index (κ3) is 5.13. The molecule has 0 spiro atoms. The van der Waals surface area contributed by atoms with E-state index < -0.39 is 12.6 Å². The summed E-state index contributed by atoms with van der Waals surface area (Å²) in [7, 11) is 1.56. The van der Waals surface area contributed by atoms with Crippen molar-refractivity contribution in [1.29, 1.82) is 0 Å². The fraction of sp³-hybridized carbons (Fsp3) is 0.560. The lowest BCUT2D eigenvalue weighted by Crippen LogP contribution is -2.29. The van der Waals surface area contributed by atoms with Gasteiger partial charge in [-0.1, -0.05) is 6.92 Å². The monoisotopic (exact) mass is 562 g/mol. The van der Waals surface area contributed by atoms with Gasteiger partial charge in [-0.25, -0.2) is 13.2 Å². The number of hydrogen-bond donors (Lipinski definition) is 3. The number of aromatic nitrogens is 5. The number of alkyl halides is 3. The zero-order valence-corrected chi connectivity index (χ0v) is 22.3. The lowest BCUT2D eigenvalue weighted by molar-refractivity contribution is -0.117. The van der Waals surface area contributed by atoms with E-state index in [9.17, 15) is 22.8 Å². The minimum absolute atomic E-state index is 0.0465. The Hall–Kier alpha value is -3.42. The predicted octanol–water partition coefficient (Wildman–Crippen LogP) is 4.17. The van der Waals surface area contributed by atoms with E-state index in [4.69, 9.17) is 0 Å². The highest BCUT2D eigenvalue weighted by Crippen LogP contribution is 2.44. The first-order valence-electron chi connectivity index (χ1n) is 13.1. The molecule has 10 nitrogen and oxygen atoms in total. The molecule has 2 saturated carbocycles. The van der Waals surface area contributed by atoms with E-state index in [1.165, 1.54) is 22.1 Å². The molecule has 0 unspecified atom stereocenters. The molecule has 3 aromatic rings. The highest BCUT2D eigenvalue weighted by Gasteiger charge is 2.41. The van der Waals surface area contributed by atoms with E-state index in [1.54, 1.807) is 13.4 Å². The molecule has 6 rings (SSSR count). The molecule has 3 aromatic heterocycles. The summed E-state index contributed by atoms with van der Waals surface area (Å²) in [6, 6.07) is 1.14. The Kier molecular flexibility index (Phi) is 6.60. The van der Waals surface area contributed by atoms with Gasteiger partial charge in [-0.15, -0.1) is 21.5 Å². The summed E-state index contributed by atoms with van der Waals surface area (Å²) >= 11 is 1.42.